The first-order valence-electron chi connectivity index (χ1n) is 5.24. The van der Waals surface area contributed by atoms with E-state index in [2.05, 4.69) is 31.1 Å². The van der Waals surface area contributed by atoms with E-state index < -0.39 is 0 Å². The van der Waals surface area contributed by atoms with Gasteiger partial charge < -0.3 is 4.74 Å². The Balaban J connectivity index is 2.76. The lowest BCUT2D eigenvalue weighted by molar-refractivity contribution is 0.0292. The van der Waals surface area contributed by atoms with Gasteiger partial charge in [-0.2, -0.15) is 0 Å². The van der Waals surface area contributed by atoms with Gasteiger partial charge in [-0.1, -0.05) is 20.8 Å². The van der Waals surface area contributed by atoms with Crippen LogP contribution in [0.25, 0.3) is 0 Å². The molecule has 1 aromatic rings. The minimum absolute atomic E-state index is 0.172. The van der Waals surface area contributed by atoms with Crippen molar-refractivity contribution in [1.29, 1.82) is 0 Å². The first-order valence-corrected chi connectivity index (χ1v) is 6.12. The molecule has 0 aliphatic carbocycles. The number of thiazole rings is 1. The molecule has 1 atom stereocenters. The quantitative estimate of drug-likeness (QED) is 0.747. The highest BCUT2D eigenvalue weighted by molar-refractivity contribution is 7.09. The number of nitrogens with zero attached hydrogens (tertiary/aromatic N) is 1. The fraction of sp³-hybridized carbons (Fsp3) is 0.727. The molecule has 0 amide bonds. The summed E-state index contributed by atoms with van der Waals surface area (Å²) in [5.41, 5.74) is 1.18. The van der Waals surface area contributed by atoms with E-state index >= 15 is 0 Å². The maximum absolute atomic E-state index is 5.70. The second-order valence-corrected chi connectivity index (χ2v) is 4.54. The van der Waals surface area contributed by atoms with E-state index in [1.54, 1.807) is 11.3 Å². The van der Waals surface area contributed by atoms with Crippen LogP contribution in [0.2, 0.25) is 0 Å². The summed E-state index contributed by atoms with van der Waals surface area (Å²) in [7, 11) is 0. The van der Waals surface area contributed by atoms with Crippen LogP contribution in [-0.4, -0.2) is 11.6 Å². The van der Waals surface area contributed by atoms with Gasteiger partial charge in [-0.3, -0.25) is 0 Å². The Morgan fingerprint density at radius 1 is 1.43 bits per heavy atom. The normalized spacial score (nSPS) is 13.5. The van der Waals surface area contributed by atoms with E-state index in [4.69, 9.17) is 4.74 Å². The molecule has 0 fully saturated rings. The third-order valence-electron chi connectivity index (χ3n) is 2.13. The molecule has 0 bridgehead atoms. The SMILES string of the molecule is CCOC(c1nc(CC)cs1)C(C)C. The van der Waals surface area contributed by atoms with Crippen molar-refractivity contribution < 1.29 is 4.74 Å². The van der Waals surface area contributed by atoms with Crippen molar-refractivity contribution in [3.63, 3.8) is 0 Å². The molecule has 0 aliphatic heterocycles. The number of aryl methyl sites for hydroxylation is 1. The molecule has 0 radical (unpaired) electrons. The van der Waals surface area contributed by atoms with E-state index in [1.165, 1.54) is 5.69 Å². The Hall–Kier alpha value is -0.410. The standard InChI is InChI=1S/C11H19NOS/c1-5-9-7-14-11(12-9)10(8(3)4)13-6-2/h7-8,10H,5-6H2,1-4H3. The highest BCUT2D eigenvalue weighted by Crippen LogP contribution is 2.28. The number of hydrogen-bond acceptors (Lipinski definition) is 3. The van der Waals surface area contributed by atoms with E-state index in [0.29, 0.717) is 5.92 Å². The summed E-state index contributed by atoms with van der Waals surface area (Å²) < 4.78 is 5.70. The monoisotopic (exact) mass is 213 g/mol. The van der Waals surface area contributed by atoms with Gasteiger partial charge in [0.15, 0.2) is 0 Å². The minimum atomic E-state index is 0.172. The number of hydrogen-bond donors (Lipinski definition) is 0. The summed E-state index contributed by atoms with van der Waals surface area (Å²) in [6, 6.07) is 0. The second kappa shape index (κ2) is 5.47. The summed E-state index contributed by atoms with van der Waals surface area (Å²) in [4.78, 5) is 4.56. The Morgan fingerprint density at radius 3 is 2.57 bits per heavy atom. The Bertz CT molecular complexity index is 270. The van der Waals surface area contributed by atoms with Crippen molar-refractivity contribution in [2.75, 3.05) is 6.61 Å². The van der Waals surface area contributed by atoms with Crippen molar-refractivity contribution in [2.24, 2.45) is 5.92 Å². The summed E-state index contributed by atoms with van der Waals surface area (Å²) >= 11 is 1.71. The van der Waals surface area contributed by atoms with Gasteiger partial charge in [0.05, 0.1) is 5.69 Å². The molecule has 1 heterocycles. The van der Waals surface area contributed by atoms with Crippen LogP contribution in [0, 0.1) is 5.92 Å². The van der Waals surface area contributed by atoms with Gasteiger partial charge in [-0.15, -0.1) is 11.3 Å². The van der Waals surface area contributed by atoms with Gasteiger partial charge in [-0.25, -0.2) is 4.98 Å². The lowest BCUT2D eigenvalue weighted by Crippen LogP contribution is -2.10. The molecule has 0 N–H and O–H groups in total. The smallest absolute Gasteiger partial charge is 0.122 e. The molecular weight excluding hydrogens is 194 g/mol. The van der Waals surface area contributed by atoms with Crippen LogP contribution in [-0.2, 0) is 11.2 Å². The second-order valence-electron chi connectivity index (χ2n) is 3.65. The maximum atomic E-state index is 5.70. The summed E-state index contributed by atoms with van der Waals surface area (Å²) in [6.45, 7) is 9.26. The minimum Gasteiger partial charge on any atom is -0.371 e. The molecule has 2 nitrogen and oxygen atoms in total. The van der Waals surface area contributed by atoms with Gasteiger partial charge in [0, 0.05) is 12.0 Å². The fourth-order valence-corrected chi connectivity index (χ4v) is 2.46. The molecule has 0 saturated carbocycles. The molecule has 80 valence electrons. The molecule has 0 aromatic carbocycles. The molecule has 3 heteroatoms. The van der Waals surface area contributed by atoms with Gasteiger partial charge in [-0.05, 0) is 19.3 Å². The van der Waals surface area contributed by atoms with Crippen LogP contribution in [0.1, 0.15) is 44.5 Å². The number of ether oxygens (including phenoxy) is 1. The van der Waals surface area contributed by atoms with E-state index in [9.17, 15) is 0 Å². The van der Waals surface area contributed by atoms with Crippen molar-refractivity contribution in [1.82, 2.24) is 4.98 Å². The fourth-order valence-electron chi connectivity index (χ4n) is 1.34. The predicted molar refractivity (Wildman–Crippen MR) is 60.7 cm³/mol. The van der Waals surface area contributed by atoms with Crippen LogP contribution < -0.4 is 0 Å². The van der Waals surface area contributed by atoms with Crippen LogP contribution >= 0.6 is 11.3 Å². The Morgan fingerprint density at radius 2 is 2.14 bits per heavy atom. The van der Waals surface area contributed by atoms with Crippen molar-refractivity contribution in [3.8, 4) is 0 Å². The molecule has 14 heavy (non-hydrogen) atoms. The molecule has 1 rings (SSSR count). The highest BCUT2D eigenvalue weighted by Gasteiger charge is 2.19. The van der Waals surface area contributed by atoms with Crippen LogP contribution in [0.15, 0.2) is 5.38 Å². The first-order chi connectivity index (χ1) is 6.69. The van der Waals surface area contributed by atoms with Crippen LogP contribution in [0.5, 0.6) is 0 Å². The van der Waals surface area contributed by atoms with Gasteiger partial charge in [0.25, 0.3) is 0 Å². The molecular formula is C11H19NOS. The Kier molecular flexibility index (Phi) is 4.55. The van der Waals surface area contributed by atoms with Gasteiger partial charge in [0.2, 0.25) is 0 Å². The predicted octanol–water partition coefficient (Wildman–Crippen LogP) is 3.44. The van der Waals surface area contributed by atoms with Crippen molar-refractivity contribution in [3.05, 3.63) is 16.1 Å². The number of rotatable bonds is 5. The van der Waals surface area contributed by atoms with Crippen LogP contribution in [0.4, 0.5) is 0 Å². The molecule has 0 saturated heterocycles. The van der Waals surface area contributed by atoms with Crippen LogP contribution in [0.3, 0.4) is 0 Å². The summed E-state index contributed by atoms with van der Waals surface area (Å²) in [5, 5.41) is 3.25. The van der Waals surface area contributed by atoms with E-state index in [1.807, 2.05) is 6.92 Å². The zero-order valence-corrected chi connectivity index (χ0v) is 10.2. The van der Waals surface area contributed by atoms with E-state index in [-0.39, 0.29) is 6.10 Å². The average Bonchev–Trinajstić information content (AvgIpc) is 2.61. The zero-order chi connectivity index (χ0) is 10.6. The zero-order valence-electron chi connectivity index (χ0n) is 9.41. The highest BCUT2D eigenvalue weighted by atomic mass is 32.1. The van der Waals surface area contributed by atoms with Gasteiger partial charge in [0.1, 0.15) is 11.1 Å². The molecule has 1 unspecified atom stereocenters. The molecule has 0 spiro atoms. The maximum Gasteiger partial charge on any atom is 0.122 e. The summed E-state index contributed by atoms with van der Waals surface area (Å²) in [6.07, 6.45) is 1.18. The van der Waals surface area contributed by atoms with E-state index in [0.717, 1.165) is 18.0 Å². The topological polar surface area (TPSA) is 22.1 Å². The molecule has 0 aliphatic rings. The third kappa shape index (κ3) is 2.79. The summed E-state index contributed by atoms with van der Waals surface area (Å²) in [5.74, 6) is 0.491. The van der Waals surface area contributed by atoms with Crippen molar-refractivity contribution in [2.45, 2.75) is 40.2 Å². The lowest BCUT2D eigenvalue weighted by atomic mass is 10.1. The Labute approximate surface area is 90.3 Å². The third-order valence-corrected chi connectivity index (χ3v) is 3.08. The molecule has 1 aromatic heterocycles. The largest absolute Gasteiger partial charge is 0.371 e. The lowest BCUT2D eigenvalue weighted by Gasteiger charge is -2.17. The number of aromatic nitrogens is 1. The van der Waals surface area contributed by atoms with Gasteiger partial charge >= 0.3 is 0 Å². The van der Waals surface area contributed by atoms with Crippen molar-refractivity contribution >= 4 is 11.3 Å². The average molecular weight is 213 g/mol. The first kappa shape index (κ1) is 11.7.